The summed E-state index contributed by atoms with van der Waals surface area (Å²) in [6, 6.07) is 34.7. The maximum Gasteiger partial charge on any atom is 0.0409 e. The van der Waals surface area contributed by atoms with E-state index in [1.54, 1.807) is 0 Å². The highest BCUT2D eigenvalue weighted by Crippen LogP contribution is 2.23. The summed E-state index contributed by atoms with van der Waals surface area (Å²) >= 11 is 0. The summed E-state index contributed by atoms with van der Waals surface area (Å²) in [5, 5.41) is 0. The molecule has 0 radical (unpaired) electrons. The van der Waals surface area contributed by atoms with Crippen LogP contribution in [0.1, 0.15) is 167 Å². The Morgan fingerprint density at radius 2 is 0.617 bits per heavy atom. The third-order valence-electron chi connectivity index (χ3n) is 9.56. The highest BCUT2D eigenvalue weighted by molar-refractivity contribution is 5.44. The SMILES string of the molecule is CCc1ccc(C#Cc2ccc(CC(C)(C)C)cc2)cc1.CCc1ccc(CC(C)(C)C)cc1.CCc1ccc(CC(C)(C)C)cn1.CCc1ccc(CC(C)(C)C)nc1. The zero-order valence-electron chi connectivity index (χ0n) is 40.9. The fourth-order valence-corrected chi connectivity index (χ4v) is 6.48. The van der Waals surface area contributed by atoms with Crippen LogP contribution >= 0.6 is 0 Å². The summed E-state index contributed by atoms with van der Waals surface area (Å²) in [5.41, 5.74) is 14.2. The van der Waals surface area contributed by atoms with E-state index < -0.39 is 0 Å². The van der Waals surface area contributed by atoms with Crippen molar-refractivity contribution in [3.63, 3.8) is 0 Å². The van der Waals surface area contributed by atoms with Crippen LogP contribution in [0.3, 0.4) is 0 Å². The predicted molar refractivity (Wildman–Crippen MR) is 264 cm³/mol. The molecule has 0 fully saturated rings. The standard InChI is InChI=1S/C21H24.C13H20.2C12H19N/c1-5-17-6-8-18(9-7-17)10-11-19-12-14-20(15-13-19)16-21(2,3)4;1-5-11-6-8-12(9-7-11)10-13(2,3)4;1-5-11-7-6-10(9-13-11)8-12(2,3)4;1-5-10-6-7-11(13-9-10)8-12(2,3)4/h6-9,12-15H,5,16H2,1-4H3;6-9H,5,10H2,1-4H3;2*6-7,9H,5,8H2,1-4H3. The monoisotopic (exact) mass is 807 g/mol. The summed E-state index contributed by atoms with van der Waals surface area (Å²) in [6.07, 6.45) is 12.7. The Bertz CT molecular complexity index is 1820. The van der Waals surface area contributed by atoms with Crippen LogP contribution in [-0.4, -0.2) is 9.97 Å². The molecule has 5 aromatic rings. The smallest absolute Gasteiger partial charge is 0.0409 e. The number of benzene rings is 3. The molecule has 2 heteroatoms. The van der Waals surface area contributed by atoms with Crippen LogP contribution in [0.4, 0.5) is 0 Å². The molecule has 3 aromatic carbocycles. The maximum absolute atomic E-state index is 4.43. The van der Waals surface area contributed by atoms with E-state index in [9.17, 15) is 0 Å². The summed E-state index contributed by atoms with van der Waals surface area (Å²) in [4.78, 5) is 8.82. The molecule has 0 bridgehead atoms. The predicted octanol–water partition coefficient (Wildman–Crippen LogP) is 15.5. The Balaban J connectivity index is 0.000000283. The maximum atomic E-state index is 4.43. The van der Waals surface area contributed by atoms with Gasteiger partial charge in [0.15, 0.2) is 0 Å². The van der Waals surface area contributed by atoms with Crippen molar-refractivity contribution in [2.75, 3.05) is 0 Å². The van der Waals surface area contributed by atoms with Gasteiger partial charge in [-0.05, 0) is 143 Å². The van der Waals surface area contributed by atoms with Gasteiger partial charge in [0, 0.05) is 34.9 Å². The lowest BCUT2D eigenvalue weighted by Gasteiger charge is -2.18. The first-order chi connectivity index (χ1) is 28.0. The third-order valence-corrected chi connectivity index (χ3v) is 9.56. The van der Waals surface area contributed by atoms with E-state index in [1.807, 2.05) is 12.4 Å². The molecule has 5 rings (SSSR count). The summed E-state index contributed by atoms with van der Waals surface area (Å²) in [5.74, 6) is 6.47. The minimum atomic E-state index is 0.328. The first-order valence-electron chi connectivity index (χ1n) is 22.6. The topological polar surface area (TPSA) is 25.8 Å². The Hall–Kier alpha value is -4.48. The fraction of sp³-hybridized carbons (Fsp3) is 0.483. The summed E-state index contributed by atoms with van der Waals surface area (Å²) in [6.45, 7) is 35.7. The van der Waals surface area contributed by atoms with Crippen LogP contribution in [0.15, 0.2) is 109 Å². The normalized spacial score (nSPS) is 11.4. The second-order valence-electron chi connectivity index (χ2n) is 21.1. The lowest BCUT2D eigenvalue weighted by molar-refractivity contribution is 0.406. The number of aromatic nitrogens is 2. The van der Waals surface area contributed by atoms with Crippen molar-refractivity contribution < 1.29 is 0 Å². The average molecular weight is 807 g/mol. The van der Waals surface area contributed by atoms with Gasteiger partial charge in [0.25, 0.3) is 0 Å². The van der Waals surface area contributed by atoms with Crippen LogP contribution in [0.25, 0.3) is 0 Å². The van der Waals surface area contributed by atoms with Crippen molar-refractivity contribution in [3.8, 4) is 11.8 Å². The van der Waals surface area contributed by atoms with E-state index in [4.69, 9.17) is 0 Å². The summed E-state index contributed by atoms with van der Waals surface area (Å²) < 4.78 is 0. The van der Waals surface area contributed by atoms with E-state index in [2.05, 4.69) is 230 Å². The van der Waals surface area contributed by atoms with Crippen molar-refractivity contribution in [3.05, 3.63) is 165 Å². The molecular formula is C58H82N2. The van der Waals surface area contributed by atoms with E-state index in [1.165, 1.54) is 44.8 Å². The number of hydrogen-bond acceptors (Lipinski definition) is 2. The van der Waals surface area contributed by atoms with Gasteiger partial charge >= 0.3 is 0 Å². The quantitative estimate of drug-likeness (QED) is 0.146. The van der Waals surface area contributed by atoms with Crippen molar-refractivity contribution in [1.29, 1.82) is 0 Å². The van der Waals surface area contributed by atoms with E-state index in [0.29, 0.717) is 21.7 Å². The number of pyridine rings is 2. The van der Waals surface area contributed by atoms with Gasteiger partial charge in [0.05, 0.1) is 0 Å². The van der Waals surface area contributed by atoms with E-state index in [0.717, 1.165) is 62.5 Å². The van der Waals surface area contributed by atoms with Gasteiger partial charge in [-0.1, -0.05) is 183 Å². The molecule has 0 aliphatic carbocycles. The highest BCUT2D eigenvalue weighted by atomic mass is 14.7. The van der Waals surface area contributed by atoms with Crippen LogP contribution in [0, 0.1) is 33.5 Å². The first kappa shape index (κ1) is 51.7. The zero-order valence-corrected chi connectivity index (χ0v) is 40.9. The molecule has 0 saturated heterocycles. The third kappa shape index (κ3) is 23.9. The van der Waals surface area contributed by atoms with Crippen LogP contribution in [0.2, 0.25) is 0 Å². The largest absolute Gasteiger partial charge is 0.261 e. The molecule has 60 heavy (non-hydrogen) atoms. The molecule has 2 nitrogen and oxygen atoms in total. The molecular weight excluding hydrogens is 725 g/mol. The molecule has 2 heterocycles. The Kier molecular flexibility index (Phi) is 21.3. The molecule has 0 saturated carbocycles. The first-order valence-corrected chi connectivity index (χ1v) is 22.6. The molecule has 0 N–H and O–H groups in total. The van der Waals surface area contributed by atoms with E-state index in [-0.39, 0.29) is 0 Å². The number of nitrogens with zero attached hydrogens (tertiary/aromatic N) is 2. The Morgan fingerprint density at radius 1 is 0.317 bits per heavy atom. The van der Waals surface area contributed by atoms with Gasteiger partial charge in [0.2, 0.25) is 0 Å². The number of rotatable bonds is 8. The minimum absolute atomic E-state index is 0.328. The van der Waals surface area contributed by atoms with Gasteiger partial charge in [-0.2, -0.15) is 0 Å². The number of hydrogen-bond donors (Lipinski definition) is 0. The van der Waals surface area contributed by atoms with Gasteiger partial charge in [0.1, 0.15) is 0 Å². The molecule has 0 unspecified atom stereocenters. The molecule has 2 aromatic heterocycles. The van der Waals surface area contributed by atoms with Crippen LogP contribution < -0.4 is 0 Å². The Labute approximate surface area is 369 Å². The van der Waals surface area contributed by atoms with Crippen LogP contribution in [0.5, 0.6) is 0 Å². The molecule has 0 atom stereocenters. The molecule has 0 aliphatic rings. The molecule has 324 valence electrons. The van der Waals surface area contributed by atoms with Crippen molar-refractivity contribution >= 4 is 0 Å². The second-order valence-corrected chi connectivity index (χ2v) is 21.1. The van der Waals surface area contributed by atoms with Crippen LogP contribution in [-0.2, 0) is 51.4 Å². The summed E-state index contributed by atoms with van der Waals surface area (Å²) in [7, 11) is 0. The Morgan fingerprint density at radius 3 is 0.950 bits per heavy atom. The van der Waals surface area contributed by atoms with E-state index >= 15 is 0 Å². The zero-order chi connectivity index (χ0) is 45.0. The van der Waals surface area contributed by atoms with Crippen molar-refractivity contribution in [2.24, 2.45) is 21.7 Å². The van der Waals surface area contributed by atoms with Gasteiger partial charge in [-0.15, -0.1) is 0 Å². The molecule has 0 aliphatic heterocycles. The van der Waals surface area contributed by atoms with Gasteiger partial charge in [-0.25, -0.2) is 0 Å². The van der Waals surface area contributed by atoms with Crippen molar-refractivity contribution in [2.45, 2.75) is 162 Å². The molecule has 0 amide bonds. The lowest BCUT2D eigenvalue weighted by Crippen LogP contribution is -2.10. The molecule has 0 spiro atoms. The fourth-order valence-electron chi connectivity index (χ4n) is 6.48. The average Bonchev–Trinajstić information content (AvgIpc) is 3.17. The minimum Gasteiger partial charge on any atom is -0.261 e. The lowest BCUT2D eigenvalue weighted by atomic mass is 9.88. The second kappa shape index (κ2) is 24.7. The van der Waals surface area contributed by atoms with Crippen molar-refractivity contribution in [1.82, 2.24) is 9.97 Å². The van der Waals surface area contributed by atoms with Gasteiger partial charge < -0.3 is 0 Å². The highest BCUT2D eigenvalue weighted by Gasteiger charge is 2.13. The van der Waals surface area contributed by atoms with Gasteiger partial charge in [-0.3, -0.25) is 9.97 Å². The number of aryl methyl sites for hydroxylation is 4.